The normalized spacial score (nSPS) is 15.6. The molecule has 0 radical (unpaired) electrons. The van der Waals surface area contributed by atoms with E-state index >= 15 is 0 Å². The number of carboxylic acid groups (broad SMARTS) is 3. The zero-order valence-electron chi connectivity index (χ0n) is 78.3. The topological polar surface area (TPSA) is 637 Å². The monoisotopic (exact) mass is 1900 g/mol. The summed E-state index contributed by atoms with van der Waals surface area (Å²) in [6.07, 6.45) is -10.4. The van der Waals surface area contributed by atoms with Gasteiger partial charge in [0.1, 0.15) is 29.1 Å². The number of aliphatic carboxylic acids is 3. The molecule has 1 aliphatic rings. The van der Waals surface area contributed by atoms with Crippen LogP contribution >= 0.6 is 0 Å². The van der Waals surface area contributed by atoms with Crippen molar-refractivity contribution in [3.8, 4) is 11.5 Å². The van der Waals surface area contributed by atoms with Crippen molar-refractivity contribution < 1.29 is 142 Å². The number of nitrogens with one attached hydrogen (secondary N) is 7. The highest BCUT2D eigenvalue weighted by Crippen LogP contribution is 2.30. The first-order chi connectivity index (χ1) is 64.2. The van der Waals surface area contributed by atoms with Gasteiger partial charge in [0, 0.05) is 95.1 Å². The minimum Gasteiger partial charge on any atom is -0.508 e. The number of aliphatic hydroxyl groups is 4. The number of rotatable bonds is 67. The van der Waals surface area contributed by atoms with Gasteiger partial charge in [-0.1, -0.05) is 107 Å². The molecule has 0 fully saturated rings. The lowest BCUT2D eigenvalue weighted by molar-refractivity contribution is -0.143. The van der Waals surface area contributed by atoms with Gasteiger partial charge >= 0.3 is 17.9 Å². The van der Waals surface area contributed by atoms with E-state index in [4.69, 9.17) is 5.73 Å². The van der Waals surface area contributed by atoms with Crippen LogP contribution in [0.4, 0.5) is 0 Å². The van der Waals surface area contributed by atoms with Crippen LogP contribution in [0.1, 0.15) is 228 Å². The molecule has 38 nitrogen and oxygen atoms in total. The molecule has 9 amide bonds. The highest BCUT2D eigenvalue weighted by Gasteiger charge is 2.44. The van der Waals surface area contributed by atoms with E-state index in [0.717, 1.165) is 18.7 Å². The van der Waals surface area contributed by atoms with Crippen LogP contribution in [-0.2, 0) is 106 Å². The van der Waals surface area contributed by atoms with Crippen molar-refractivity contribution in [1.82, 2.24) is 42.1 Å². The number of Topliss-reactive ketones (excluding diaryl/α,β-unsaturated/α-hetero) is 8. The maximum Gasteiger partial charge on any atom is 0.304 e. The number of nitrogens with two attached hydrogens (primary N) is 1. The molecule has 0 unspecified atom stereocenters. The SMILES string of the molecule is CC[C@H](C)[C@H](NC(=O)[C@H](CO)CC(=O)[C@H](Cc1ccc(O)cc1)NC(=O)[C@H](CC(=O)O)CC(=O)[C@H](CO)NC(=O)[C@@H](CC(=O)[C@H](Cc1ccccc1)NC(=O)[C@@H](CC(=O)CNC(=O)[C@H](CCC(=O)O)CC(=O)CCCC(=O)CCCN1C(=O)c2ccccc2C1=O)[C@@H](C)O)[C@@H](C)O)C(=O)C[C@@H](Cc1ccc(O)cc1)C(=O)N[C@@](C)(CC(C)C)C(=O)C[C@@H](CC(=O)O)C(=O)N[C@H](C)CCCCN. The Balaban J connectivity index is 1.29. The first kappa shape index (κ1) is 114. The third-order valence-electron chi connectivity index (χ3n) is 24.2. The molecule has 1 heterocycles. The van der Waals surface area contributed by atoms with Gasteiger partial charge < -0.3 is 88.9 Å². The lowest BCUT2D eigenvalue weighted by atomic mass is 9.80. The number of unbranched alkanes of at least 4 members (excludes halogenated alkanes) is 1. The molecule has 136 heavy (non-hydrogen) atoms. The zero-order valence-corrected chi connectivity index (χ0v) is 78.3. The molecule has 0 aliphatic carbocycles. The zero-order chi connectivity index (χ0) is 101. The van der Waals surface area contributed by atoms with Gasteiger partial charge in [-0.05, 0) is 157 Å². The van der Waals surface area contributed by atoms with Crippen molar-refractivity contribution in [2.75, 3.05) is 32.8 Å². The number of aliphatic hydroxyl groups excluding tert-OH is 4. The molecule has 4 aromatic carbocycles. The van der Waals surface area contributed by atoms with E-state index in [-0.39, 0.29) is 111 Å². The number of carbonyl (C=O) groups excluding carboxylic acids is 17. The van der Waals surface area contributed by atoms with Crippen molar-refractivity contribution in [3.63, 3.8) is 0 Å². The number of fused-ring (bicyclic) bond motifs is 1. The summed E-state index contributed by atoms with van der Waals surface area (Å²) in [5, 5.41) is 111. The highest BCUT2D eigenvalue weighted by molar-refractivity contribution is 6.21. The van der Waals surface area contributed by atoms with Gasteiger partial charge in [-0.3, -0.25) is 101 Å². The van der Waals surface area contributed by atoms with Crippen molar-refractivity contribution in [3.05, 3.63) is 131 Å². The first-order valence-corrected chi connectivity index (χ1v) is 46.0. The Hall–Kier alpha value is -12.5. The quantitative estimate of drug-likeness (QED) is 0.0218. The van der Waals surface area contributed by atoms with Crippen LogP contribution in [0, 0.1) is 53.3 Å². The number of aromatic hydroxyl groups is 2. The van der Waals surface area contributed by atoms with E-state index in [9.17, 15) is 142 Å². The van der Waals surface area contributed by atoms with Gasteiger partial charge in [-0.25, -0.2) is 0 Å². The molecule has 0 saturated carbocycles. The summed E-state index contributed by atoms with van der Waals surface area (Å²) in [7, 11) is 0. The predicted molar refractivity (Wildman–Crippen MR) is 491 cm³/mol. The van der Waals surface area contributed by atoms with Crippen LogP contribution in [0.15, 0.2) is 103 Å². The van der Waals surface area contributed by atoms with E-state index in [1.54, 1.807) is 77.1 Å². The van der Waals surface area contributed by atoms with Crippen LogP contribution in [0.5, 0.6) is 11.5 Å². The lowest BCUT2D eigenvalue weighted by Gasteiger charge is -2.34. The molecule has 1 aliphatic heterocycles. The summed E-state index contributed by atoms with van der Waals surface area (Å²) in [5.74, 6) is -30.9. The third-order valence-corrected chi connectivity index (χ3v) is 24.2. The Morgan fingerprint density at radius 1 is 0.419 bits per heavy atom. The summed E-state index contributed by atoms with van der Waals surface area (Å²) in [6, 6.07) is 18.0. The lowest BCUT2D eigenvalue weighted by Crippen LogP contribution is -2.56. The highest BCUT2D eigenvalue weighted by atomic mass is 16.4. The van der Waals surface area contributed by atoms with Gasteiger partial charge in [0.25, 0.3) is 11.8 Å². The molecule has 0 saturated heterocycles. The van der Waals surface area contributed by atoms with E-state index in [1.807, 2.05) is 0 Å². The second kappa shape index (κ2) is 56.7. The predicted octanol–water partition coefficient (Wildman–Crippen LogP) is 4.19. The van der Waals surface area contributed by atoms with Gasteiger partial charge in [-0.15, -0.1) is 0 Å². The average Bonchev–Trinajstić information content (AvgIpc) is 1.64. The van der Waals surface area contributed by atoms with Gasteiger partial charge in [-0.2, -0.15) is 0 Å². The van der Waals surface area contributed by atoms with E-state index < -0.39 is 297 Å². The molecule has 0 aromatic heterocycles. The van der Waals surface area contributed by atoms with Crippen LogP contribution in [0.3, 0.4) is 0 Å². The fourth-order valence-corrected chi connectivity index (χ4v) is 16.2. The summed E-state index contributed by atoms with van der Waals surface area (Å²) >= 11 is 0. The number of amides is 9. The Bertz CT molecular complexity index is 4790. The number of nitrogens with zero attached hydrogens (tertiary/aromatic N) is 1. The van der Waals surface area contributed by atoms with Gasteiger partial charge in [0.2, 0.25) is 41.4 Å². The average molecular weight is 1900 g/mol. The molecule has 744 valence electrons. The second-order valence-electron chi connectivity index (χ2n) is 36.1. The third kappa shape index (κ3) is 38.0. The molecule has 18 N–H and O–H groups in total. The molecular weight excluding hydrogens is 1770 g/mol. The Morgan fingerprint density at radius 2 is 0.890 bits per heavy atom. The van der Waals surface area contributed by atoms with E-state index in [1.165, 1.54) is 67.6 Å². The fourth-order valence-electron chi connectivity index (χ4n) is 16.2. The van der Waals surface area contributed by atoms with Crippen molar-refractivity contribution in [2.45, 2.75) is 257 Å². The molecule has 0 bridgehead atoms. The summed E-state index contributed by atoms with van der Waals surface area (Å²) in [4.78, 5) is 275. The van der Waals surface area contributed by atoms with Gasteiger partial charge in [0.05, 0.1) is 109 Å². The van der Waals surface area contributed by atoms with Crippen LogP contribution in [0.25, 0.3) is 0 Å². The van der Waals surface area contributed by atoms with E-state index in [0.29, 0.717) is 36.9 Å². The number of imide groups is 1. The Kier molecular flexibility index (Phi) is 47.6. The molecular formula is C98H133N9O29. The van der Waals surface area contributed by atoms with E-state index in [2.05, 4.69) is 37.2 Å². The number of benzene rings is 4. The van der Waals surface area contributed by atoms with Crippen molar-refractivity contribution in [1.29, 1.82) is 0 Å². The number of phenols is 2. The standard InChI is InChI=1S/C98H133N9O29/c1-9-56(4)88(83(120)44-64(39-61-27-32-69(113)33-28-61)93(132)106-98(8,51-55(2)3)84(121)46-66(48-87(126)127)90(129)101-57(5)19-15-16-37-99)105-92(131)67(53-108)45-80(117)77(41-62-29-34-70(114)35-30-62)102-91(130)65(47-86(124)125)43-81(118)79(54-109)104-95(134)76(59(7)111)50-82(119)78(40-60-20-11-10-12-21-60)103-94(133)75(58(6)110)49-72(116)52-100-89(128)63(31-36-85(122)123)42-71(115)23-17-22-68(112)24-18-38-107-96(135)73-25-13-14-26-74(73)97(107)136/h10-14,20-21,25-30,32-35,55-59,63-67,75-79,88,108-111,113-114H,9,15-19,22-24,31,36-54,99H2,1-8H3,(H,100,128)(H,101,129)(H,102,130)(H,103,133)(H,104,134)(H,105,131)(H,106,132)(H,122,123)(H,124,125)(H,126,127)/t56-,57+,58+,59+,63+,64+,65-,66-,67-,75-,76-,77-,78-,79-,88-,98-/m0/s1. The van der Waals surface area contributed by atoms with Crippen molar-refractivity contribution in [2.24, 2.45) is 59.0 Å². The smallest absolute Gasteiger partial charge is 0.304 e. The number of hydrogen-bond donors (Lipinski definition) is 17. The largest absolute Gasteiger partial charge is 0.508 e. The van der Waals surface area contributed by atoms with Crippen LogP contribution < -0.4 is 43.0 Å². The number of hydrogen-bond acceptors (Lipinski definition) is 27. The fraction of sp³-hybridized carbons (Fsp3) is 0.551. The molecule has 5 rings (SSSR count). The first-order valence-electron chi connectivity index (χ1n) is 46.0. The number of ketones is 8. The summed E-state index contributed by atoms with van der Waals surface area (Å²) in [6.45, 7) is 9.55. The minimum atomic E-state index is -2.00. The number of phenolic OH excluding ortho intramolecular Hbond substituents is 2. The molecule has 38 heteroatoms. The molecule has 4 aromatic rings. The minimum absolute atomic E-state index is 0.00506. The summed E-state index contributed by atoms with van der Waals surface area (Å²) < 4.78 is 0. The maximum atomic E-state index is 14.9. The second-order valence-corrected chi connectivity index (χ2v) is 36.1. The maximum absolute atomic E-state index is 14.9. The number of carboxylic acids is 3. The molecule has 0 spiro atoms. The van der Waals surface area contributed by atoms with Crippen LogP contribution in [-0.4, -0.2) is 249 Å². The van der Waals surface area contributed by atoms with Gasteiger partial charge in [0.15, 0.2) is 34.7 Å². The van der Waals surface area contributed by atoms with Crippen molar-refractivity contribution >= 4 is 117 Å². The summed E-state index contributed by atoms with van der Waals surface area (Å²) in [5.41, 5.74) is 5.53. The molecule has 16 atom stereocenters. The Morgan fingerprint density at radius 3 is 1.41 bits per heavy atom. The number of carbonyl (C=O) groups is 20. The Labute approximate surface area is 789 Å². The van der Waals surface area contributed by atoms with Crippen LogP contribution in [0.2, 0.25) is 0 Å².